The van der Waals surface area contributed by atoms with Crippen molar-refractivity contribution in [1.82, 2.24) is 19.3 Å². The lowest BCUT2D eigenvalue weighted by Crippen LogP contribution is -2.20. The Balaban J connectivity index is 1.23. The zero-order chi connectivity index (χ0) is 25.8. The van der Waals surface area contributed by atoms with Gasteiger partial charge >= 0.3 is 12.4 Å². The number of urea groups is 1. The number of carbonyl (C=O) groups excluding carboxylic acids is 1. The van der Waals surface area contributed by atoms with Crippen LogP contribution in [0.1, 0.15) is 0 Å². The molecule has 8 nitrogen and oxygen atoms in total. The third-order valence-electron chi connectivity index (χ3n) is 5.26. The van der Waals surface area contributed by atoms with Gasteiger partial charge in [-0.1, -0.05) is 12.1 Å². The highest BCUT2D eigenvalue weighted by Gasteiger charge is 2.31. The van der Waals surface area contributed by atoms with Crippen LogP contribution < -0.4 is 15.4 Å². The molecule has 37 heavy (non-hydrogen) atoms. The molecular weight excluding hydrogens is 485 g/mol. The first-order valence-corrected chi connectivity index (χ1v) is 11.0. The van der Waals surface area contributed by atoms with Crippen molar-refractivity contribution in [3.63, 3.8) is 0 Å². The summed E-state index contributed by atoms with van der Waals surface area (Å²) in [5.41, 5.74) is 3.27. The lowest BCUT2D eigenvalue weighted by Gasteiger charge is -2.13. The second-order valence-electron chi connectivity index (χ2n) is 7.82. The van der Waals surface area contributed by atoms with Crippen LogP contribution in [0.3, 0.4) is 0 Å². The number of hydrogen-bond acceptors (Lipinski definition) is 4. The van der Waals surface area contributed by atoms with Crippen LogP contribution in [0.5, 0.6) is 5.75 Å². The van der Waals surface area contributed by atoms with Crippen molar-refractivity contribution in [1.29, 1.82) is 0 Å². The molecule has 0 unspecified atom stereocenters. The number of carbonyl (C=O) groups is 1. The standard InChI is InChI=1S/C26H19F3N6O2/c27-26(28,29)37-21-13-11-20(12-14-21)35-17-30-24(33-35)18-7-9-19(10-8-18)31-25(36)32-22-5-1-2-6-23(22)34-15-3-4-16-34/h1-17H,(H2,31,32,36). The first-order valence-electron chi connectivity index (χ1n) is 11.0. The van der Waals surface area contributed by atoms with Crippen molar-refractivity contribution in [3.8, 4) is 28.5 Å². The van der Waals surface area contributed by atoms with Gasteiger partial charge in [-0.3, -0.25) is 0 Å². The average Bonchev–Trinajstić information content (AvgIpc) is 3.57. The van der Waals surface area contributed by atoms with E-state index in [-0.39, 0.29) is 5.75 Å². The molecule has 2 amide bonds. The van der Waals surface area contributed by atoms with Gasteiger partial charge in [-0.2, -0.15) is 0 Å². The molecule has 0 aliphatic rings. The van der Waals surface area contributed by atoms with Gasteiger partial charge in [0, 0.05) is 23.6 Å². The summed E-state index contributed by atoms with van der Waals surface area (Å²) in [6.45, 7) is 0. The van der Waals surface area contributed by atoms with Crippen molar-refractivity contribution in [2.45, 2.75) is 6.36 Å². The number of para-hydroxylation sites is 2. The molecule has 3 aromatic carbocycles. The van der Waals surface area contributed by atoms with E-state index in [1.807, 2.05) is 53.4 Å². The highest BCUT2D eigenvalue weighted by Crippen LogP contribution is 2.25. The zero-order valence-electron chi connectivity index (χ0n) is 19.1. The van der Waals surface area contributed by atoms with Crippen LogP contribution in [0.4, 0.5) is 29.3 Å². The number of hydrogen-bond donors (Lipinski definition) is 2. The van der Waals surface area contributed by atoms with Crippen molar-refractivity contribution in [2.75, 3.05) is 10.6 Å². The number of halogens is 3. The monoisotopic (exact) mass is 504 g/mol. The molecule has 0 radical (unpaired) electrons. The molecule has 11 heteroatoms. The number of amides is 2. The van der Waals surface area contributed by atoms with Gasteiger partial charge in [-0.05, 0) is 72.8 Å². The van der Waals surface area contributed by atoms with Crippen LogP contribution in [0.25, 0.3) is 22.8 Å². The highest BCUT2D eigenvalue weighted by molar-refractivity contribution is 6.01. The summed E-state index contributed by atoms with van der Waals surface area (Å²) >= 11 is 0. The Kier molecular flexibility index (Phi) is 6.33. The number of anilines is 2. The summed E-state index contributed by atoms with van der Waals surface area (Å²) in [4.78, 5) is 16.9. The molecule has 0 atom stereocenters. The van der Waals surface area contributed by atoms with Crippen molar-refractivity contribution in [2.24, 2.45) is 0 Å². The maximum absolute atomic E-state index is 12.6. The quantitative estimate of drug-likeness (QED) is 0.286. The van der Waals surface area contributed by atoms with Crippen LogP contribution >= 0.6 is 0 Å². The smallest absolute Gasteiger partial charge is 0.406 e. The van der Waals surface area contributed by atoms with Crippen molar-refractivity contribution < 1.29 is 22.7 Å². The Labute approximate surface area is 209 Å². The second-order valence-corrected chi connectivity index (χ2v) is 7.82. The van der Waals surface area contributed by atoms with Crippen molar-refractivity contribution >= 4 is 17.4 Å². The van der Waals surface area contributed by atoms with E-state index in [0.29, 0.717) is 28.5 Å². The molecule has 0 fully saturated rings. The fourth-order valence-electron chi connectivity index (χ4n) is 3.61. The largest absolute Gasteiger partial charge is 0.573 e. The maximum Gasteiger partial charge on any atom is 0.573 e. The van der Waals surface area contributed by atoms with E-state index in [1.165, 1.54) is 35.3 Å². The number of aromatic nitrogens is 4. The molecule has 0 spiro atoms. The van der Waals surface area contributed by atoms with Gasteiger partial charge < -0.3 is 19.9 Å². The molecular formula is C26H19F3N6O2. The SMILES string of the molecule is O=C(Nc1ccc(-c2ncn(-c3ccc(OC(F)(F)F)cc3)n2)cc1)Nc1ccccc1-n1cccc1. The van der Waals surface area contributed by atoms with E-state index in [0.717, 1.165) is 5.69 Å². The van der Waals surface area contributed by atoms with Gasteiger partial charge in [0.25, 0.3) is 0 Å². The summed E-state index contributed by atoms with van der Waals surface area (Å²) in [5, 5.41) is 10.0. The lowest BCUT2D eigenvalue weighted by atomic mass is 10.2. The number of benzene rings is 3. The zero-order valence-corrected chi connectivity index (χ0v) is 19.1. The third-order valence-corrected chi connectivity index (χ3v) is 5.26. The molecule has 2 heterocycles. The molecule has 0 aliphatic carbocycles. The van der Waals surface area contributed by atoms with Gasteiger partial charge in [-0.15, -0.1) is 18.3 Å². The van der Waals surface area contributed by atoms with E-state index < -0.39 is 12.4 Å². The molecule has 0 saturated carbocycles. The molecule has 5 aromatic rings. The van der Waals surface area contributed by atoms with Crippen molar-refractivity contribution in [3.05, 3.63) is 104 Å². The van der Waals surface area contributed by atoms with E-state index in [9.17, 15) is 18.0 Å². The molecule has 2 N–H and O–H groups in total. The number of alkyl halides is 3. The van der Waals surface area contributed by atoms with E-state index in [4.69, 9.17) is 0 Å². The van der Waals surface area contributed by atoms with E-state index in [1.54, 1.807) is 24.3 Å². The summed E-state index contributed by atoms with van der Waals surface area (Å²) < 4.78 is 44.3. The molecule has 0 aliphatic heterocycles. The van der Waals surface area contributed by atoms with Gasteiger partial charge in [0.15, 0.2) is 5.82 Å². The second kappa shape index (κ2) is 9.90. The molecule has 186 valence electrons. The van der Waals surface area contributed by atoms with Crippen LogP contribution in [0.15, 0.2) is 104 Å². The summed E-state index contributed by atoms with van der Waals surface area (Å²) in [7, 11) is 0. The predicted molar refractivity (Wildman–Crippen MR) is 132 cm³/mol. The topological polar surface area (TPSA) is 86.0 Å². The molecule has 0 saturated heterocycles. The van der Waals surface area contributed by atoms with Crippen LogP contribution in [0, 0.1) is 0 Å². The minimum atomic E-state index is -4.75. The summed E-state index contributed by atoms with van der Waals surface area (Å²) in [5.74, 6) is 0.0872. The minimum Gasteiger partial charge on any atom is -0.406 e. The Morgan fingerprint density at radius 3 is 2.24 bits per heavy atom. The van der Waals surface area contributed by atoms with Gasteiger partial charge in [-0.25, -0.2) is 14.5 Å². The fourth-order valence-corrected chi connectivity index (χ4v) is 3.61. The number of nitrogens with zero attached hydrogens (tertiary/aromatic N) is 4. The Bertz CT molecular complexity index is 1490. The maximum atomic E-state index is 12.6. The van der Waals surface area contributed by atoms with E-state index in [2.05, 4.69) is 25.5 Å². The normalized spacial score (nSPS) is 11.2. The average molecular weight is 504 g/mol. The minimum absolute atomic E-state index is 0.322. The van der Waals surface area contributed by atoms with Gasteiger partial charge in [0.2, 0.25) is 0 Å². The first kappa shape index (κ1) is 23.7. The predicted octanol–water partition coefficient (Wildman–Crippen LogP) is 6.27. The Hall–Kier alpha value is -5.06. The molecule has 2 aromatic heterocycles. The number of ether oxygens (including phenoxy) is 1. The molecule has 0 bridgehead atoms. The highest BCUT2D eigenvalue weighted by atomic mass is 19.4. The Morgan fingerprint density at radius 1 is 0.838 bits per heavy atom. The van der Waals surface area contributed by atoms with Gasteiger partial charge in [0.05, 0.1) is 17.1 Å². The van der Waals surface area contributed by atoms with Gasteiger partial charge in [0.1, 0.15) is 12.1 Å². The fraction of sp³-hybridized carbons (Fsp3) is 0.0385. The summed E-state index contributed by atoms with van der Waals surface area (Å²) in [6, 6.07) is 23.1. The number of nitrogens with one attached hydrogen (secondary N) is 2. The Morgan fingerprint density at radius 2 is 1.54 bits per heavy atom. The number of rotatable bonds is 6. The first-order chi connectivity index (χ1) is 17.8. The van der Waals surface area contributed by atoms with Crippen LogP contribution in [0.2, 0.25) is 0 Å². The third kappa shape index (κ3) is 5.78. The summed E-state index contributed by atoms with van der Waals surface area (Å²) in [6.07, 6.45) is 0.488. The lowest BCUT2D eigenvalue weighted by molar-refractivity contribution is -0.274. The van der Waals surface area contributed by atoms with E-state index >= 15 is 0 Å². The van der Waals surface area contributed by atoms with Crippen LogP contribution in [-0.4, -0.2) is 31.7 Å². The molecule has 5 rings (SSSR count). The van der Waals surface area contributed by atoms with Crippen LogP contribution in [-0.2, 0) is 0 Å².